The number of halogens is 2. The molecule has 0 aliphatic heterocycles. The van der Waals surface area contributed by atoms with Gasteiger partial charge in [0.1, 0.15) is 0 Å². The van der Waals surface area contributed by atoms with Crippen molar-refractivity contribution in [2.45, 2.75) is 71.1 Å². The van der Waals surface area contributed by atoms with Crippen LogP contribution in [0, 0.1) is 36.3 Å². The molecular weight excluding hydrogens is 278 g/mol. The molecule has 2 fully saturated rings. The van der Waals surface area contributed by atoms with Crippen LogP contribution in [0.3, 0.4) is 0 Å². The molecule has 0 N–H and O–H groups in total. The molecule has 0 aromatic heterocycles. The third-order valence-corrected chi connectivity index (χ3v) is 6.24. The van der Waals surface area contributed by atoms with E-state index in [2.05, 4.69) is 6.92 Å². The number of hydrogen-bond acceptors (Lipinski definition) is 0. The van der Waals surface area contributed by atoms with Gasteiger partial charge in [-0.05, 0) is 80.2 Å². The molecule has 0 spiro atoms. The highest BCUT2D eigenvalue weighted by molar-refractivity contribution is 5.28. The Hall–Kier alpha value is -0.920. The van der Waals surface area contributed by atoms with Gasteiger partial charge in [0.15, 0.2) is 11.6 Å². The summed E-state index contributed by atoms with van der Waals surface area (Å²) in [4.78, 5) is 0. The fraction of sp³-hybridized carbons (Fsp3) is 0.700. The highest BCUT2D eigenvalue weighted by Gasteiger charge is 2.31. The van der Waals surface area contributed by atoms with Crippen molar-refractivity contribution in [3.63, 3.8) is 0 Å². The van der Waals surface area contributed by atoms with Gasteiger partial charge in [-0.2, -0.15) is 0 Å². The van der Waals surface area contributed by atoms with Crippen molar-refractivity contribution >= 4 is 0 Å². The van der Waals surface area contributed by atoms with E-state index in [1.807, 2.05) is 0 Å². The molecule has 0 saturated heterocycles. The van der Waals surface area contributed by atoms with E-state index in [1.165, 1.54) is 38.5 Å². The zero-order valence-corrected chi connectivity index (χ0v) is 13.9. The van der Waals surface area contributed by atoms with Crippen molar-refractivity contribution in [1.29, 1.82) is 0 Å². The molecule has 0 amide bonds. The molecule has 2 heteroatoms. The molecule has 3 rings (SSSR count). The van der Waals surface area contributed by atoms with Crippen LogP contribution >= 0.6 is 0 Å². The smallest absolute Gasteiger partial charge is 0.162 e. The van der Waals surface area contributed by atoms with Gasteiger partial charge < -0.3 is 0 Å². The van der Waals surface area contributed by atoms with Crippen molar-refractivity contribution in [3.8, 4) is 0 Å². The Bertz CT molecular complexity index is 517. The number of rotatable bonds is 2. The van der Waals surface area contributed by atoms with Crippen molar-refractivity contribution in [2.75, 3.05) is 0 Å². The number of benzene rings is 1. The van der Waals surface area contributed by atoms with Gasteiger partial charge in [0.2, 0.25) is 0 Å². The first-order valence-corrected chi connectivity index (χ1v) is 9.00. The Morgan fingerprint density at radius 3 is 1.95 bits per heavy atom. The van der Waals surface area contributed by atoms with Gasteiger partial charge in [-0.1, -0.05) is 31.9 Å². The van der Waals surface area contributed by atoms with Crippen molar-refractivity contribution in [1.82, 2.24) is 0 Å². The third kappa shape index (κ3) is 3.21. The number of hydrogen-bond donors (Lipinski definition) is 0. The second-order valence-electron chi connectivity index (χ2n) is 7.73. The summed E-state index contributed by atoms with van der Waals surface area (Å²) in [5.41, 5.74) is 1.02. The Kier molecular flexibility index (Phi) is 4.84. The second-order valence-corrected chi connectivity index (χ2v) is 7.73. The summed E-state index contributed by atoms with van der Waals surface area (Å²) >= 11 is 0. The van der Waals surface area contributed by atoms with E-state index in [0.29, 0.717) is 11.1 Å². The maximum absolute atomic E-state index is 14.2. The predicted molar refractivity (Wildman–Crippen MR) is 91.1 cm³/mol. The summed E-state index contributed by atoms with van der Waals surface area (Å²) < 4.78 is 27.9. The van der Waals surface area contributed by atoms with Gasteiger partial charge in [0.05, 0.1) is 0 Å². The Labute approximate surface area is 136 Å². The molecule has 2 aliphatic carbocycles. The third-order valence-electron chi connectivity index (χ3n) is 6.24. The minimum absolute atomic E-state index is 0. The zero-order valence-electron chi connectivity index (χ0n) is 13.9. The SMILES string of the molecule is Cc1ccc(C2CCC(C3CCC(C)CC3)CC2)c(F)c1F.[HH].[HH]. The highest BCUT2D eigenvalue weighted by atomic mass is 19.2. The monoisotopic (exact) mass is 310 g/mol. The summed E-state index contributed by atoms with van der Waals surface area (Å²) in [7, 11) is 0. The predicted octanol–water partition coefficient (Wildman–Crippen LogP) is 6.87. The van der Waals surface area contributed by atoms with Crippen molar-refractivity contribution in [3.05, 3.63) is 34.9 Å². The van der Waals surface area contributed by atoms with Gasteiger partial charge in [0.25, 0.3) is 0 Å². The van der Waals surface area contributed by atoms with E-state index in [-0.39, 0.29) is 8.77 Å². The van der Waals surface area contributed by atoms with Crippen LogP contribution in [0.5, 0.6) is 0 Å². The number of aryl methyl sites for hydroxylation is 1. The quantitative estimate of drug-likeness (QED) is 0.559. The molecule has 0 unspecified atom stereocenters. The fourth-order valence-electron chi connectivity index (χ4n) is 4.64. The summed E-state index contributed by atoms with van der Waals surface area (Å²) in [6, 6.07) is 3.53. The van der Waals surface area contributed by atoms with Gasteiger partial charge >= 0.3 is 0 Å². The summed E-state index contributed by atoms with van der Waals surface area (Å²) in [5, 5.41) is 0. The van der Waals surface area contributed by atoms with Crippen LogP contribution in [-0.4, -0.2) is 0 Å². The van der Waals surface area contributed by atoms with E-state index >= 15 is 0 Å². The Morgan fingerprint density at radius 2 is 1.36 bits per heavy atom. The van der Waals surface area contributed by atoms with E-state index in [0.717, 1.165) is 30.6 Å². The maximum Gasteiger partial charge on any atom is 0.162 e. The van der Waals surface area contributed by atoms with E-state index < -0.39 is 11.6 Å². The molecule has 2 aliphatic rings. The van der Waals surface area contributed by atoms with Gasteiger partial charge in [-0.3, -0.25) is 0 Å². The lowest BCUT2D eigenvalue weighted by molar-refractivity contribution is 0.164. The Balaban J connectivity index is 0.00000144. The van der Waals surface area contributed by atoms with Crippen LogP contribution in [0.25, 0.3) is 0 Å². The Morgan fingerprint density at radius 1 is 0.818 bits per heavy atom. The average Bonchev–Trinajstić information content (AvgIpc) is 2.54. The minimum Gasteiger partial charge on any atom is -0.203 e. The first-order chi connectivity index (χ1) is 10.6. The second kappa shape index (κ2) is 6.68. The molecule has 1 aromatic rings. The zero-order chi connectivity index (χ0) is 15.7. The molecule has 0 bridgehead atoms. The van der Waals surface area contributed by atoms with Crippen molar-refractivity contribution < 1.29 is 11.6 Å². The van der Waals surface area contributed by atoms with Crippen molar-refractivity contribution in [2.24, 2.45) is 17.8 Å². The molecule has 1 aromatic carbocycles. The maximum atomic E-state index is 14.2. The first-order valence-electron chi connectivity index (χ1n) is 9.00. The van der Waals surface area contributed by atoms with Crippen LogP contribution in [0.4, 0.5) is 8.78 Å². The largest absolute Gasteiger partial charge is 0.203 e. The molecule has 0 radical (unpaired) electrons. The molecular formula is C20H32F2. The molecule has 0 nitrogen and oxygen atoms in total. The van der Waals surface area contributed by atoms with Gasteiger partial charge in [-0.25, -0.2) is 8.78 Å². The van der Waals surface area contributed by atoms with Crippen LogP contribution in [0.1, 0.15) is 78.2 Å². The molecule has 2 saturated carbocycles. The van der Waals surface area contributed by atoms with E-state index in [9.17, 15) is 8.78 Å². The van der Waals surface area contributed by atoms with Gasteiger partial charge in [0, 0.05) is 2.85 Å². The summed E-state index contributed by atoms with van der Waals surface area (Å²) in [5.74, 6) is 1.57. The summed E-state index contributed by atoms with van der Waals surface area (Å²) in [6.45, 7) is 3.99. The average molecular weight is 310 g/mol. The molecule has 0 atom stereocenters. The minimum atomic E-state index is -0.652. The topological polar surface area (TPSA) is 0 Å². The van der Waals surface area contributed by atoms with Crippen LogP contribution in [0.2, 0.25) is 0 Å². The standard InChI is InChI=1S/C20H28F2.2H2/c1-13-3-6-15(7-4-13)16-8-10-17(11-9-16)18-12-5-14(2)19(21)20(18)22;;/h5,12-13,15-17H,3-4,6-11H2,1-2H3;2*1H. The van der Waals surface area contributed by atoms with Crippen LogP contribution in [0.15, 0.2) is 12.1 Å². The lowest BCUT2D eigenvalue weighted by Gasteiger charge is -2.37. The molecule has 22 heavy (non-hydrogen) atoms. The highest BCUT2D eigenvalue weighted by Crippen LogP contribution is 2.44. The summed E-state index contributed by atoms with van der Waals surface area (Å²) in [6.07, 6.45) is 9.95. The van der Waals surface area contributed by atoms with Crippen LogP contribution < -0.4 is 0 Å². The fourth-order valence-corrected chi connectivity index (χ4v) is 4.64. The van der Waals surface area contributed by atoms with Crippen LogP contribution in [-0.2, 0) is 0 Å². The lowest BCUT2D eigenvalue weighted by Crippen LogP contribution is -2.25. The normalized spacial score (nSPS) is 32.9. The molecule has 126 valence electrons. The lowest BCUT2D eigenvalue weighted by atomic mass is 9.68. The van der Waals surface area contributed by atoms with E-state index in [1.54, 1.807) is 19.1 Å². The van der Waals surface area contributed by atoms with E-state index in [4.69, 9.17) is 0 Å². The molecule has 0 heterocycles. The van der Waals surface area contributed by atoms with Gasteiger partial charge in [-0.15, -0.1) is 0 Å². The first kappa shape index (κ1) is 16.0.